The van der Waals surface area contributed by atoms with Crippen molar-refractivity contribution in [1.82, 2.24) is 5.32 Å². The Morgan fingerprint density at radius 2 is 2.26 bits per heavy atom. The van der Waals surface area contributed by atoms with E-state index in [4.69, 9.17) is 11.6 Å². The summed E-state index contributed by atoms with van der Waals surface area (Å²) < 4.78 is 13.0. The van der Waals surface area contributed by atoms with Crippen molar-refractivity contribution in [2.45, 2.75) is 44.8 Å². The highest BCUT2D eigenvalue weighted by molar-refractivity contribution is 6.31. The van der Waals surface area contributed by atoms with Gasteiger partial charge in [-0.05, 0) is 56.3 Å². The molecule has 106 valence electrons. The van der Waals surface area contributed by atoms with Crippen molar-refractivity contribution in [1.29, 1.82) is 0 Å². The second kappa shape index (κ2) is 6.69. The lowest BCUT2D eigenvalue weighted by atomic mass is 9.87. The first-order chi connectivity index (χ1) is 9.06. The van der Waals surface area contributed by atoms with Gasteiger partial charge in [0.25, 0.3) is 0 Å². The Morgan fingerprint density at radius 3 is 2.95 bits per heavy atom. The van der Waals surface area contributed by atoms with Crippen molar-refractivity contribution >= 4 is 11.6 Å². The molecule has 0 bridgehead atoms. The zero-order chi connectivity index (χ0) is 13.8. The minimum atomic E-state index is -0.309. The fourth-order valence-electron chi connectivity index (χ4n) is 2.75. The van der Waals surface area contributed by atoms with E-state index in [1.54, 1.807) is 6.07 Å². The second-order valence-electron chi connectivity index (χ2n) is 5.48. The number of aliphatic hydroxyl groups excluding tert-OH is 1. The molecule has 2 N–H and O–H groups in total. The molecule has 1 fully saturated rings. The third-order valence-electron chi connectivity index (χ3n) is 3.90. The number of aliphatic hydroxyl groups is 1. The number of nitrogens with one attached hydrogen (secondary N) is 1. The van der Waals surface area contributed by atoms with Crippen LogP contribution in [0.5, 0.6) is 0 Å². The molecule has 1 saturated carbocycles. The van der Waals surface area contributed by atoms with Crippen molar-refractivity contribution in [3.63, 3.8) is 0 Å². The molecule has 1 aliphatic rings. The molecule has 1 aliphatic carbocycles. The van der Waals surface area contributed by atoms with Crippen LogP contribution in [0.4, 0.5) is 4.39 Å². The molecule has 1 aromatic carbocycles. The van der Waals surface area contributed by atoms with Gasteiger partial charge in [-0.15, -0.1) is 0 Å². The maximum atomic E-state index is 13.0. The molecule has 0 heterocycles. The summed E-state index contributed by atoms with van der Waals surface area (Å²) in [4.78, 5) is 0. The Kier molecular flexibility index (Phi) is 5.20. The molecule has 0 amide bonds. The molecule has 0 spiro atoms. The number of halogens is 2. The van der Waals surface area contributed by atoms with Gasteiger partial charge in [0.15, 0.2) is 0 Å². The quantitative estimate of drug-likeness (QED) is 0.884. The van der Waals surface area contributed by atoms with Crippen molar-refractivity contribution in [2.24, 2.45) is 5.92 Å². The van der Waals surface area contributed by atoms with Crippen LogP contribution >= 0.6 is 11.6 Å². The van der Waals surface area contributed by atoms with Gasteiger partial charge in [0, 0.05) is 11.1 Å². The molecule has 0 aliphatic heterocycles. The maximum absolute atomic E-state index is 13.0. The third-order valence-corrected chi connectivity index (χ3v) is 4.22. The first kappa shape index (κ1) is 14.8. The van der Waals surface area contributed by atoms with E-state index < -0.39 is 0 Å². The summed E-state index contributed by atoms with van der Waals surface area (Å²) in [5.41, 5.74) is 0.916. The van der Waals surface area contributed by atoms with Crippen LogP contribution in [-0.2, 0) is 0 Å². The Balaban J connectivity index is 1.88. The smallest absolute Gasteiger partial charge is 0.124 e. The molecule has 19 heavy (non-hydrogen) atoms. The molecule has 3 unspecified atom stereocenters. The molecule has 2 rings (SSSR count). The summed E-state index contributed by atoms with van der Waals surface area (Å²) in [6.45, 7) is 2.89. The van der Waals surface area contributed by atoms with Crippen LogP contribution in [-0.4, -0.2) is 17.8 Å². The van der Waals surface area contributed by atoms with Gasteiger partial charge in [-0.25, -0.2) is 4.39 Å². The van der Waals surface area contributed by atoms with Crippen molar-refractivity contribution < 1.29 is 9.50 Å². The van der Waals surface area contributed by atoms with Gasteiger partial charge >= 0.3 is 0 Å². The molecule has 0 saturated heterocycles. The van der Waals surface area contributed by atoms with Gasteiger partial charge in [0.05, 0.1) is 6.10 Å². The van der Waals surface area contributed by atoms with E-state index in [1.165, 1.54) is 12.1 Å². The largest absolute Gasteiger partial charge is 0.393 e. The van der Waals surface area contributed by atoms with Crippen LogP contribution in [0.15, 0.2) is 18.2 Å². The number of hydrogen-bond donors (Lipinski definition) is 2. The lowest BCUT2D eigenvalue weighted by Crippen LogP contribution is -2.30. The van der Waals surface area contributed by atoms with Crippen LogP contribution in [0, 0.1) is 11.7 Å². The van der Waals surface area contributed by atoms with Crippen LogP contribution in [0.2, 0.25) is 5.02 Å². The van der Waals surface area contributed by atoms with E-state index in [2.05, 4.69) is 5.32 Å². The Labute approximate surface area is 119 Å². The van der Waals surface area contributed by atoms with Crippen molar-refractivity contribution in [3.8, 4) is 0 Å². The standard InChI is InChI=1S/C15H21ClFNO/c1-10(14-6-5-12(17)8-15(14)16)18-9-11-3-2-4-13(19)7-11/h5-6,8,10-11,13,18-19H,2-4,7,9H2,1H3. The second-order valence-corrected chi connectivity index (χ2v) is 5.89. The summed E-state index contributed by atoms with van der Waals surface area (Å²) >= 11 is 6.05. The fraction of sp³-hybridized carbons (Fsp3) is 0.600. The van der Waals surface area contributed by atoms with Gasteiger partial charge in [-0.2, -0.15) is 0 Å². The van der Waals surface area contributed by atoms with Gasteiger partial charge in [0.2, 0.25) is 0 Å². The van der Waals surface area contributed by atoms with Crippen LogP contribution < -0.4 is 5.32 Å². The summed E-state index contributed by atoms with van der Waals surface area (Å²) in [7, 11) is 0. The third kappa shape index (κ3) is 4.16. The summed E-state index contributed by atoms with van der Waals surface area (Å²) in [6.07, 6.45) is 3.91. The number of hydrogen-bond acceptors (Lipinski definition) is 2. The normalized spacial score (nSPS) is 25.3. The van der Waals surface area contributed by atoms with Crippen LogP contribution in [0.3, 0.4) is 0 Å². The first-order valence-electron chi connectivity index (χ1n) is 6.92. The van der Waals surface area contributed by atoms with Gasteiger partial charge < -0.3 is 10.4 Å². The monoisotopic (exact) mass is 285 g/mol. The average Bonchev–Trinajstić information content (AvgIpc) is 2.36. The Hall–Kier alpha value is -0.640. The molecule has 1 aromatic rings. The minimum absolute atomic E-state index is 0.0900. The number of rotatable bonds is 4. The molecule has 3 atom stereocenters. The van der Waals surface area contributed by atoms with Gasteiger partial charge in [-0.3, -0.25) is 0 Å². The summed E-state index contributed by atoms with van der Waals surface area (Å²) in [6, 6.07) is 4.60. The van der Waals surface area contributed by atoms with E-state index in [1.807, 2.05) is 6.92 Å². The van der Waals surface area contributed by atoms with Crippen molar-refractivity contribution in [2.75, 3.05) is 6.54 Å². The van der Waals surface area contributed by atoms with E-state index in [-0.39, 0.29) is 18.0 Å². The SMILES string of the molecule is CC(NCC1CCCC(O)C1)c1ccc(F)cc1Cl. The lowest BCUT2D eigenvalue weighted by molar-refractivity contribution is 0.0998. The van der Waals surface area contributed by atoms with Crippen LogP contribution in [0.25, 0.3) is 0 Å². The summed E-state index contributed by atoms with van der Waals surface area (Å²) in [5.74, 6) is 0.210. The lowest BCUT2D eigenvalue weighted by Gasteiger charge is -2.27. The zero-order valence-electron chi connectivity index (χ0n) is 11.2. The van der Waals surface area contributed by atoms with E-state index in [0.717, 1.165) is 37.8 Å². The van der Waals surface area contributed by atoms with E-state index in [0.29, 0.717) is 10.9 Å². The predicted molar refractivity (Wildman–Crippen MR) is 75.8 cm³/mol. The first-order valence-corrected chi connectivity index (χ1v) is 7.30. The molecule has 0 aromatic heterocycles. The molecular weight excluding hydrogens is 265 g/mol. The average molecular weight is 286 g/mol. The fourth-order valence-corrected chi connectivity index (χ4v) is 3.08. The topological polar surface area (TPSA) is 32.3 Å². The van der Waals surface area contributed by atoms with E-state index in [9.17, 15) is 9.50 Å². The van der Waals surface area contributed by atoms with E-state index >= 15 is 0 Å². The molecular formula is C15H21ClFNO. The highest BCUT2D eigenvalue weighted by Crippen LogP contribution is 2.26. The number of benzene rings is 1. The highest BCUT2D eigenvalue weighted by atomic mass is 35.5. The predicted octanol–water partition coefficient (Wildman–Crippen LogP) is 3.68. The minimum Gasteiger partial charge on any atom is -0.393 e. The molecule has 4 heteroatoms. The van der Waals surface area contributed by atoms with Gasteiger partial charge in [0.1, 0.15) is 5.82 Å². The Bertz CT molecular complexity index is 427. The zero-order valence-corrected chi connectivity index (χ0v) is 12.0. The summed E-state index contributed by atoms with van der Waals surface area (Å²) in [5, 5.41) is 13.5. The molecule has 0 radical (unpaired) electrons. The van der Waals surface area contributed by atoms with Crippen molar-refractivity contribution in [3.05, 3.63) is 34.6 Å². The molecule has 2 nitrogen and oxygen atoms in total. The van der Waals surface area contributed by atoms with Crippen LogP contribution in [0.1, 0.15) is 44.2 Å². The van der Waals surface area contributed by atoms with Gasteiger partial charge in [-0.1, -0.05) is 24.1 Å². The maximum Gasteiger partial charge on any atom is 0.124 e. The highest BCUT2D eigenvalue weighted by Gasteiger charge is 2.20. The Morgan fingerprint density at radius 1 is 1.47 bits per heavy atom.